The van der Waals surface area contributed by atoms with Gasteiger partial charge >= 0.3 is 0 Å². The van der Waals surface area contributed by atoms with E-state index >= 15 is 0 Å². The Hall–Kier alpha value is -1.33. The molecular formula is C19H26N2. The van der Waals surface area contributed by atoms with Crippen molar-refractivity contribution in [2.24, 2.45) is 5.41 Å². The summed E-state index contributed by atoms with van der Waals surface area (Å²) < 4.78 is 0. The Balaban J connectivity index is 1.67. The summed E-state index contributed by atoms with van der Waals surface area (Å²) in [6, 6.07) is 13.3. The summed E-state index contributed by atoms with van der Waals surface area (Å²) in [6.07, 6.45) is 10.5. The highest BCUT2D eigenvalue weighted by atomic mass is 15.2. The zero-order chi connectivity index (χ0) is 14.5. The second kappa shape index (κ2) is 6.62. The fourth-order valence-electron chi connectivity index (χ4n) is 4.33. The first-order valence-electron chi connectivity index (χ1n) is 8.49. The van der Waals surface area contributed by atoms with E-state index in [-0.39, 0.29) is 6.04 Å². The molecule has 0 amide bonds. The zero-order valence-electron chi connectivity index (χ0n) is 12.9. The van der Waals surface area contributed by atoms with Gasteiger partial charge in [-0.15, -0.1) is 0 Å². The molecule has 2 nitrogen and oxygen atoms in total. The van der Waals surface area contributed by atoms with Crippen molar-refractivity contribution in [2.75, 3.05) is 13.1 Å². The van der Waals surface area contributed by atoms with E-state index in [2.05, 4.69) is 41.3 Å². The third kappa shape index (κ3) is 3.30. The van der Waals surface area contributed by atoms with Crippen LogP contribution in [0.25, 0.3) is 0 Å². The zero-order valence-corrected chi connectivity index (χ0v) is 12.9. The van der Waals surface area contributed by atoms with Crippen molar-refractivity contribution in [1.82, 2.24) is 4.90 Å². The first-order valence-corrected chi connectivity index (χ1v) is 8.49. The Labute approximate surface area is 128 Å². The van der Waals surface area contributed by atoms with Gasteiger partial charge in [-0.2, -0.15) is 5.26 Å². The van der Waals surface area contributed by atoms with Gasteiger partial charge in [-0.25, -0.2) is 0 Å². The summed E-state index contributed by atoms with van der Waals surface area (Å²) in [5.74, 6) is 0. The lowest BCUT2D eigenvalue weighted by molar-refractivity contribution is 0.0455. The lowest BCUT2D eigenvalue weighted by Gasteiger charge is -2.46. The Kier molecular flexibility index (Phi) is 4.60. The molecule has 2 aliphatic rings. The van der Waals surface area contributed by atoms with Crippen LogP contribution in [0.3, 0.4) is 0 Å². The normalized spacial score (nSPS) is 23.6. The molecule has 2 heteroatoms. The van der Waals surface area contributed by atoms with Gasteiger partial charge in [-0.1, -0.05) is 49.6 Å². The summed E-state index contributed by atoms with van der Waals surface area (Å²) in [5, 5.41) is 9.19. The summed E-state index contributed by atoms with van der Waals surface area (Å²) >= 11 is 0. The molecule has 1 spiro atoms. The van der Waals surface area contributed by atoms with E-state index < -0.39 is 0 Å². The van der Waals surface area contributed by atoms with Gasteiger partial charge in [0.15, 0.2) is 0 Å². The highest BCUT2D eigenvalue weighted by Gasteiger charge is 2.37. The molecule has 1 heterocycles. The number of nitrogens with zero attached hydrogens (tertiary/aromatic N) is 2. The molecule has 1 saturated heterocycles. The predicted molar refractivity (Wildman–Crippen MR) is 85.7 cm³/mol. The van der Waals surface area contributed by atoms with E-state index in [9.17, 15) is 5.26 Å². The number of likely N-dealkylation sites (tertiary alicyclic amines) is 1. The number of rotatable bonds is 3. The molecule has 2 fully saturated rings. The van der Waals surface area contributed by atoms with Gasteiger partial charge in [0.1, 0.15) is 0 Å². The second-order valence-electron chi connectivity index (χ2n) is 6.89. The average molecular weight is 282 g/mol. The molecule has 1 aliphatic heterocycles. The third-order valence-corrected chi connectivity index (χ3v) is 5.68. The van der Waals surface area contributed by atoms with Crippen molar-refractivity contribution in [3.05, 3.63) is 35.9 Å². The maximum atomic E-state index is 9.19. The van der Waals surface area contributed by atoms with Crippen LogP contribution in [-0.2, 0) is 0 Å². The van der Waals surface area contributed by atoms with Crippen molar-refractivity contribution in [2.45, 2.75) is 57.4 Å². The predicted octanol–water partition coefficient (Wildman–Crippen LogP) is 4.69. The Morgan fingerprint density at radius 1 is 1.00 bits per heavy atom. The molecule has 1 saturated carbocycles. The molecule has 0 radical (unpaired) electrons. The Morgan fingerprint density at radius 2 is 1.67 bits per heavy atom. The first-order chi connectivity index (χ1) is 10.3. The van der Waals surface area contributed by atoms with Crippen LogP contribution in [0.2, 0.25) is 0 Å². The maximum absolute atomic E-state index is 9.19. The Morgan fingerprint density at radius 3 is 2.29 bits per heavy atom. The molecule has 1 aromatic carbocycles. The molecular weight excluding hydrogens is 256 g/mol. The fraction of sp³-hybridized carbons (Fsp3) is 0.632. The minimum Gasteiger partial charge on any atom is -0.295 e. The lowest BCUT2D eigenvalue weighted by Crippen LogP contribution is -2.42. The topological polar surface area (TPSA) is 27.0 Å². The van der Waals surface area contributed by atoms with Gasteiger partial charge in [0.05, 0.1) is 12.5 Å². The Bertz CT molecular complexity index is 472. The van der Waals surface area contributed by atoms with E-state index in [1.54, 1.807) is 0 Å². The molecule has 1 unspecified atom stereocenters. The molecule has 112 valence electrons. The summed E-state index contributed by atoms with van der Waals surface area (Å²) in [4.78, 5) is 2.55. The van der Waals surface area contributed by atoms with Crippen molar-refractivity contribution >= 4 is 0 Å². The molecule has 1 aromatic rings. The molecule has 1 aliphatic carbocycles. The number of hydrogen-bond donors (Lipinski definition) is 0. The van der Waals surface area contributed by atoms with Crippen LogP contribution in [0.15, 0.2) is 30.3 Å². The standard InChI is InChI=1S/C19H26N2/c20-14-9-18(17-7-3-1-4-8-17)21-15-12-19(13-16-21)10-5-2-6-11-19/h1,3-4,7-8,18H,2,5-6,9-13,15-16H2. The van der Waals surface area contributed by atoms with E-state index in [1.807, 2.05) is 0 Å². The monoisotopic (exact) mass is 282 g/mol. The first kappa shape index (κ1) is 14.6. The van der Waals surface area contributed by atoms with Gasteiger partial charge in [-0.3, -0.25) is 4.90 Å². The number of nitriles is 1. The lowest BCUT2D eigenvalue weighted by atomic mass is 9.68. The van der Waals surface area contributed by atoms with Gasteiger partial charge in [0, 0.05) is 6.04 Å². The third-order valence-electron chi connectivity index (χ3n) is 5.68. The number of benzene rings is 1. The minimum absolute atomic E-state index is 0.289. The van der Waals surface area contributed by atoms with E-state index in [1.165, 1.54) is 63.6 Å². The molecule has 1 atom stereocenters. The van der Waals surface area contributed by atoms with Crippen LogP contribution in [0.5, 0.6) is 0 Å². The summed E-state index contributed by atoms with van der Waals surface area (Å²) in [7, 11) is 0. The SMILES string of the molecule is N#CCC(c1ccccc1)N1CCC2(CCCCC2)CC1. The average Bonchev–Trinajstić information content (AvgIpc) is 2.55. The highest BCUT2D eigenvalue weighted by Crippen LogP contribution is 2.45. The summed E-state index contributed by atoms with van der Waals surface area (Å²) in [5.41, 5.74) is 1.95. The minimum atomic E-state index is 0.289. The van der Waals surface area contributed by atoms with Crippen LogP contribution in [0.4, 0.5) is 0 Å². The van der Waals surface area contributed by atoms with Gasteiger partial charge in [0.2, 0.25) is 0 Å². The van der Waals surface area contributed by atoms with Crippen molar-refractivity contribution in [3.8, 4) is 6.07 Å². The number of piperidine rings is 1. The van der Waals surface area contributed by atoms with Crippen LogP contribution < -0.4 is 0 Å². The van der Waals surface area contributed by atoms with Gasteiger partial charge in [-0.05, 0) is 49.8 Å². The molecule has 21 heavy (non-hydrogen) atoms. The van der Waals surface area contributed by atoms with Crippen molar-refractivity contribution in [3.63, 3.8) is 0 Å². The quantitative estimate of drug-likeness (QED) is 0.804. The van der Waals surface area contributed by atoms with Crippen LogP contribution in [-0.4, -0.2) is 18.0 Å². The van der Waals surface area contributed by atoms with Crippen molar-refractivity contribution < 1.29 is 0 Å². The fourth-order valence-corrected chi connectivity index (χ4v) is 4.33. The van der Waals surface area contributed by atoms with E-state index in [0.717, 1.165) is 0 Å². The van der Waals surface area contributed by atoms with Gasteiger partial charge < -0.3 is 0 Å². The molecule has 0 N–H and O–H groups in total. The van der Waals surface area contributed by atoms with Crippen molar-refractivity contribution in [1.29, 1.82) is 5.26 Å². The van der Waals surface area contributed by atoms with Gasteiger partial charge in [0.25, 0.3) is 0 Å². The summed E-state index contributed by atoms with van der Waals surface area (Å²) in [6.45, 7) is 2.34. The highest BCUT2D eigenvalue weighted by molar-refractivity contribution is 5.20. The van der Waals surface area contributed by atoms with E-state index in [4.69, 9.17) is 0 Å². The molecule has 3 rings (SSSR count). The second-order valence-corrected chi connectivity index (χ2v) is 6.89. The van der Waals surface area contributed by atoms with Crippen LogP contribution in [0.1, 0.15) is 63.0 Å². The van der Waals surface area contributed by atoms with Crippen LogP contribution >= 0.6 is 0 Å². The molecule has 0 bridgehead atoms. The van der Waals surface area contributed by atoms with E-state index in [0.29, 0.717) is 11.8 Å². The van der Waals surface area contributed by atoms with Crippen LogP contribution in [0, 0.1) is 16.7 Å². The molecule has 0 aromatic heterocycles. The number of hydrogen-bond acceptors (Lipinski definition) is 2. The largest absolute Gasteiger partial charge is 0.295 e. The smallest absolute Gasteiger partial charge is 0.0641 e. The maximum Gasteiger partial charge on any atom is 0.0641 e.